The highest BCUT2D eigenvalue weighted by molar-refractivity contribution is 7.98. The number of halogens is 4. The summed E-state index contributed by atoms with van der Waals surface area (Å²) < 4.78 is 55.9. The molecule has 0 bridgehead atoms. The Bertz CT molecular complexity index is 1920. The van der Waals surface area contributed by atoms with Gasteiger partial charge in [0.25, 0.3) is 5.56 Å². The minimum atomic E-state index is -4.40. The zero-order valence-corrected chi connectivity index (χ0v) is 28.1. The molecule has 5 aromatic rings. The van der Waals surface area contributed by atoms with Crippen LogP contribution in [0.15, 0.2) is 101 Å². The van der Waals surface area contributed by atoms with Gasteiger partial charge in [0.1, 0.15) is 12.4 Å². The first-order valence-corrected chi connectivity index (χ1v) is 16.5. The molecule has 49 heavy (non-hydrogen) atoms. The number of alkyl halides is 3. The Hall–Kier alpha value is -4.75. The molecule has 0 aliphatic carbocycles. The predicted molar refractivity (Wildman–Crippen MR) is 181 cm³/mol. The molecule has 8 nitrogen and oxygen atoms in total. The first kappa shape index (κ1) is 35.6. The Morgan fingerprint density at radius 2 is 1.49 bits per heavy atom. The van der Waals surface area contributed by atoms with Crippen LogP contribution in [0.2, 0.25) is 0 Å². The van der Waals surface area contributed by atoms with Gasteiger partial charge in [-0.3, -0.25) is 14.3 Å². The monoisotopic (exact) mass is 692 g/mol. The van der Waals surface area contributed by atoms with Gasteiger partial charge in [0.05, 0.1) is 11.8 Å². The van der Waals surface area contributed by atoms with Crippen LogP contribution < -0.4 is 5.56 Å². The number of aryl methyl sites for hydroxylation is 1. The number of carbonyl (C=O) groups is 1. The summed E-state index contributed by atoms with van der Waals surface area (Å²) in [7, 11) is 5.63. The maximum absolute atomic E-state index is 14.0. The summed E-state index contributed by atoms with van der Waals surface area (Å²) in [5.41, 5.74) is 3.25. The van der Waals surface area contributed by atoms with Crippen LogP contribution in [0.1, 0.15) is 27.8 Å². The van der Waals surface area contributed by atoms with Crippen molar-refractivity contribution in [1.82, 2.24) is 29.1 Å². The average molecular weight is 693 g/mol. The van der Waals surface area contributed by atoms with Crippen molar-refractivity contribution in [2.75, 3.05) is 27.2 Å². The average Bonchev–Trinajstić information content (AvgIpc) is 3.48. The number of amides is 1. The quantitative estimate of drug-likeness (QED) is 0.0823. The van der Waals surface area contributed by atoms with E-state index >= 15 is 0 Å². The fourth-order valence-corrected chi connectivity index (χ4v) is 6.03. The molecule has 0 N–H and O–H groups in total. The maximum Gasteiger partial charge on any atom is 0.416 e. The van der Waals surface area contributed by atoms with Gasteiger partial charge < -0.3 is 14.4 Å². The molecule has 256 valence electrons. The highest BCUT2D eigenvalue weighted by Gasteiger charge is 2.30. The normalized spacial score (nSPS) is 11.7. The third-order valence-electron chi connectivity index (χ3n) is 7.81. The van der Waals surface area contributed by atoms with Gasteiger partial charge in [-0.1, -0.05) is 60.3 Å². The summed E-state index contributed by atoms with van der Waals surface area (Å²) in [4.78, 5) is 35.2. The topological polar surface area (TPSA) is 76.3 Å². The molecular formula is C36H36F4N6O2S. The minimum absolute atomic E-state index is 0.0733. The van der Waals surface area contributed by atoms with Crippen LogP contribution in [-0.4, -0.2) is 62.2 Å². The van der Waals surface area contributed by atoms with Crippen LogP contribution in [0.3, 0.4) is 0 Å². The molecule has 0 spiro atoms. The van der Waals surface area contributed by atoms with Crippen molar-refractivity contribution in [3.8, 4) is 11.1 Å². The molecule has 0 aliphatic rings. The van der Waals surface area contributed by atoms with Gasteiger partial charge in [-0.25, -0.2) is 4.39 Å². The van der Waals surface area contributed by atoms with Gasteiger partial charge in [-0.05, 0) is 66.2 Å². The third kappa shape index (κ3) is 9.89. The minimum Gasteiger partial charge on any atom is -0.336 e. The summed E-state index contributed by atoms with van der Waals surface area (Å²) in [5, 5.41) is 4.55. The highest BCUT2D eigenvalue weighted by atomic mass is 32.2. The van der Waals surface area contributed by atoms with Gasteiger partial charge in [0.2, 0.25) is 5.91 Å². The Labute approximate surface area is 286 Å². The van der Waals surface area contributed by atoms with Gasteiger partial charge in [0.15, 0.2) is 5.16 Å². The van der Waals surface area contributed by atoms with Crippen molar-refractivity contribution in [3.63, 3.8) is 0 Å². The van der Waals surface area contributed by atoms with Crippen LogP contribution in [-0.2, 0) is 43.3 Å². The lowest BCUT2D eigenvalue weighted by Gasteiger charge is -2.26. The number of aromatic nitrogens is 4. The number of hydrogen-bond acceptors (Lipinski definition) is 6. The number of nitrogens with zero attached hydrogens (tertiary/aromatic N) is 6. The van der Waals surface area contributed by atoms with Gasteiger partial charge >= 0.3 is 6.18 Å². The molecule has 5 rings (SSSR count). The molecule has 3 aromatic carbocycles. The second-order valence-corrected chi connectivity index (χ2v) is 12.9. The van der Waals surface area contributed by atoms with E-state index in [1.54, 1.807) is 45.7 Å². The molecule has 0 saturated carbocycles. The molecule has 1 amide bonds. The van der Waals surface area contributed by atoms with E-state index in [2.05, 4.69) is 10.1 Å². The van der Waals surface area contributed by atoms with Crippen molar-refractivity contribution < 1.29 is 22.4 Å². The Balaban J connectivity index is 1.38. The molecule has 0 aliphatic heterocycles. The van der Waals surface area contributed by atoms with E-state index in [0.717, 1.165) is 34.4 Å². The standard InChI is InChI=1S/C36H36F4N6O2S/c1-43(2)16-17-45(21-25-4-8-28(9-5-25)29-10-12-31(13-11-29)36(38,39)40)33(47)23-46-22-30(18-27-19-41-44(3)20-27)34(48)42-35(46)49-24-26-6-14-32(37)15-7-26/h4-15,19-20,22H,16-18,21,23-24H2,1-3H3. The van der Waals surface area contributed by atoms with Crippen LogP contribution >= 0.6 is 11.8 Å². The van der Waals surface area contributed by atoms with Crippen molar-refractivity contribution in [2.45, 2.75) is 36.6 Å². The Morgan fingerprint density at radius 1 is 0.857 bits per heavy atom. The number of carbonyl (C=O) groups excluding carboxylic acids is 1. The molecule has 2 aromatic heterocycles. The van der Waals surface area contributed by atoms with E-state index in [1.807, 2.05) is 49.5 Å². The number of likely N-dealkylation sites (N-methyl/N-ethyl adjacent to an activating group) is 1. The number of benzene rings is 3. The van der Waals surface area contributed by atoms with Crippen molar-refractivity contribution >= 4 is 17.7 Å². The van der Waals surface area contributed by atoms with E-state index in [-0.39, 0.29) is 18.3 Å². The molecule has 0 atom stereocenters. The number of hydrogen-bond donors (Lipinski definition) is 0. The number of rotatable bonds is 13. The SMILES string of the molecule is CN(C)CCN(Cc1ccc(-c2ccc(C(F)(F)F)cc2)cc1)C(=O)Cn1cc(Cc2cnn(C)c2)c(=O)nc1SCc1ccc(F)cc1. The van der Waals surface area contributed by atoms with Gasteiger partial charge in [-0.15, -0.1) is 0 Å². The van der Waals surface area contributed by atoms with Crippen LogP contribution in [0.25, 0.3) is 11.1 Å². The highest BCUT2D eigenvalue weighted by Crippen LogP contribution is 2.31. The van der Waals surface area contributed by atoms with E-state index in [4.69, 9.17) is 0 Å². The molecule has 2 heterocycles. The zero-order valence-electron chi connectivity index (χ0n) is 27.3. The largest absolute Gasteiger partial charge is 0.416 e. The van der Waals surface area contributed by atoms with E-state index in [0.29, 0.717) is 48.1 Å². The Kier molecular flexibility index (Phi) is 11.4. The fourth-order valence-electron chi connectivity index (χ4n) is 5.12. The fraction of sp³-hybridized carbons (Fsp3) is 0.278. The lowest BCUT2D eigenvalue weighted by Crippen LogP contribution is -2.38. The van der Waals surface area contributed by atoms with E-state index in [9.17, 15) is 27.2 Å². The van der Waals surface area contributed by atoms with Gasteiger partial charge in [-0.2, -0.15) is 23.3 Å². The smallest absolute Gasteiger partial charge is 0.336 e. The van der Waals surface area contributed by atoms with Gasteiger partial charge in [0, 0.05) is 56.8 Å². The number of thioether (sulfide) groups is 1. The molecule has 0 saturated heterocycles. The second-order valence-electron chi connectivity index (χ2n) is 12.0. The molecule has 13 heteroatoms. The van der Waals surface area contributed by atoms with Crippen molar-refractivity contribution in [3.05, 3.63) is 135 Å². The molecule has 0 radical (unpaired) electrons. The first-order valence-electron chi connectivity index (χ1n) is 15.5. The van der Waals surface area contributed by atoms with E-state index < -0.39 is 17.3 Å². The maximum atomic E-state index is 14.0. The summed E-state index contributed by atoms with van der Waals surface area (Å²) in [6, 6.07) is 18.5. The Morgan fingerprint density at radius 3 is 2.08 bits per heavy atom. The zero-order chi connectivity index (χ0) is 35.1. The second kappa shape index (κ2) is 15.6. The first-order chi connectivity index (χ1) is 23.3. The van der Waals surface area contributed by atoms with Crippen molar-refractivity contribution in [2.24, 2.45) is 7.05 Å². The third-order valence-corrected chi connectivity index (χ3v) is 8.87. The van der Waals surface area contributed by atoms with Crippen LogP contribution in [0, 0.1) is 5.82 Å². The predicted octanol–water partition coefficient (Wildman–Crippen LogP) is 6.28. The molecule has 0 fully saturated rings. The van der Waals surface area contributed by atoms with Crippen LogP contribution in [0.5, 0.6) is 0 Å². The lowest BCUT2D eigenvalue weighted by atomic mass is 10.0. The van der Waals surface area contributed by atoms with Crippen LogP contribution in [0.4, 0.5) is 17.6 Å². The van der Waals surface area contributed by atoms with E-state index in [1.165, 1.54) is 36.0 Å². The summed E-state index contributed by atoms with van der Waals surface area (Å²) >= 11 is 1.29. The molecule has 0 unspecified atom stereocenters. The summed E-state index contributed by atoms with van der Waals surface area (Å²) in [6.07, 6.45) is 1.07. The van der Waals surface area contributed by atoms with Crippen molar-refractivity contribution in [1.29, 1.82) is 0 Å². The molecular weight excluding hydrogens is 656 g/mol. The summed E-state index contributed by atoms with van der Waals surface area (Å²) in [6.45, 7) is 1.27. The lowest BCUT2D eigenvalue weighted by molar-refractivity contribution is -0.137. The summed E-state index contributed by atoms with van der Waals surface area (Å²) in [5.74, 6) is -0.116.